The molecule has 0 radical (unpaired) electrons. The van der Waals surface area contributed by atoms with Crippen LogP contribution in [0.5, 0.6) is 0 Å². The van der Waals surface area contributed by atoms with Crippen molar-refractivity contribution < 1.29 is 13.9 Å². The van der Waals surface area contributed by atoms with Gasteiger partial charge in [-0.05, 0) is 24.8 Å². The van der Waals surface area contributed by atoms with Gasteiger partial charge in [-0.1, -0.05) is 37.3 Å². The zero-order valence-corrected chi connectivity index (χ0v) is 12.9. The first-order valence-electron chi connectivity index (χ1n) is 6.63. The molecular formula is C15H23O3P. The molecule has 0 aliphatic heterocycles. The van der Waals surface area contributed by atoms with Gasteiger partial charge < -0.3 is 4.52 Å². The van der Waals surface area contributed by atoms with Gasteiger partial charge in [0.05, 0.1) is 6.16 Å². The fraction of sp³-hybridized carbons (Fsp3) is 0.533. The zero-order valence-electron chi connectivity index (χ0n) is 12.0. The highest BCUT2D eigenvalue weighted by molar-refractivity contribution is 7.59. The highest BCUT2D eigenvalue weighted by Gasteiger charge is 2.22. The van der Waals surface area contributed by atoms with E-state index in [0.29, 0.717) is 0 Å². The average molecular weight is 282 g/mol. The monoisotopic (exact) mass is 282 g/mol. The number of hydrogen-bond donors (Lipinski definition) is 0. The molecule has 0 saturated heterocycles. The van der Waals surface area contributed by atoms with Crippen molar-refractivity contribution in [3.05, 3.63) is 35.9 Å². The summed E-state index contributed by atoms with van der Waals surface area (Å²) in [5.41, 5.74) is 1.29. The number of hydrogen-bond acceptors (Lipinski definition) is 3. The van der Waals surface area contributed by atoms with E-state index in [0.717, 1.165) is 19.3 Å². The molecule has 19 heavy (non-hydrogen) atoms. The molecule has 0 saturated carbocycles. The summed E-state index contributed by atoms with van der Waals surface area (Å²) in [6.45, 7) is 3.42. The summed E-state index contributed by atoms with van der Waals surface area (Å²) in [5.74, 6) is -0.00659. The van der Waals surface area contributed by atoms with Gasteiger partial charge in [-0.3, -0.25) is 9.36 Å². The van der Waals surface area contributed by atoms with E-state index in [1.54, 1.807) is 0 Å². The van der Waals surface area contributed by atoms with Crippen molar-refractivity contribution in [1.82, 2.24) is 0 Å². The fourth-order valence-corrected chi connectivity index (χ4v) is 2.93. The highest BCUT2D eigenvalue weighted by atomic mass is 31.2. The SMILES string of the molecule is COP(C)(=O)CC(=O)[C@H](C)CCCc1ccccc1. The van der Waals surface area contributed by atoms with Crippen LogP contribution in [-0.4, -0.2) is 25.7 Å². The Balaban J connectivity index is 2.33. The molecule has 0 heterocycles. The molecule has 4 heteroatoms. The van der Waals surface area contributed by atoms with Crippen LogP contribution in [0.3, 0.4) is 0 Å². The highest BCUT2D eigenvalue weighted by Crippen LogP contribution is 2.41. The van der Waals surface area contributed by atoms with Crippen molar-refractivity contribution in [2.24, 2.45) is 5.92 Å². The van der Waals surface area contributed by atoms with Crippen LogP contribution in [0.1, 0.15) is 25.3 Å². The van der Waals surface area contributed by atoms with Gasteiger partial charge >= 0.3 is 0 Å². The lowest BCUT2D eigenvalue weighted by Gasteiger charge is -2.14. The number of carbonyl (C=O) groups excluding carboxylic acids is 1. The normalized spacial score (nSPS) is 15.7. The third-order valence-electron chi connectivity index (χ3n) is 3.32. The van der Waals surface area contributed by atoms with Crippen LogP contribution in [0.2, 0.25) is 0 Å². The Labute approximate surface area is 115 Å². The molecule has 3 nitrogen and oxygen atoms in total. The third-order valence-corrected chi connectivity index (χ3v) is 4.98. The average Bonchev–Trinajstić information content (AvgIpc) is 2.39. The Morgan fingerprint density at radius 2 is 1.95 bits per heavy atom. The van der Waals surface area contributed by atoms with Crippen LogP contribution in [0.4, 0.5) is 0 Å². The molecule has 1 rings (SSSR count). The Kier molecular flexibility index (Phi) is 6.47. The van der Waals surface area contributed by atoms with Crippen LogP contribution in [0.25, 0.3) is 0 Å². The number of benzene rings is 1. The summed E-state index contributed by atoms with van der Waals surface area (Å²) in [4.78, 5) is 11.9. The smallest absolute Gasteiger partial charge is 0.207 e. The quantitative estimate of drug-likeness (QED) is 0.682. The molecule has 0 bridgehead atoms. The van der Waals surface area contributed by atoms with E-state index >= 15 is 0 Å². The second kappa shape index (κ2) is 7.62. The lowest BCUT2D eigenvalue weighted by atomic mass is 9.98. The van der Waals surface area contributed by atoms with Gasteiger partial charge in [-0.15, -0.1) is 0 Å². The molecule has 0 aliphatic rings. The molecule has 0 spiro atoms. The van der Waals surface area contributed by atoms with E-state index < -0.39 is 7.37 Å². The maximum absolute atomic E-state index is 11.9. The van der Waals surface area contributed by atoms with Crippen molar-refractivity contribution in [3.8, 4) is 0 Å². The van der Waals surface area contributed by atoms with E-state index in [9.17, 15) is 9.36 Å². The molecule has 0 aliphatic carbocycles. The van der Waals surface area contributed by atoms with E-state index in [4.69, 9.17) is 4.52 Å². The zero-order chi connectivity index (χ0) is 14.3. The summed E-state index contributed by atoms with van der Waals surface area (Å²) in [7, 11) is -1.33. The summed E-state index contributed by atoms with van der Waals surface area (Å²) < 4.78 is 16.6. The van der Waals surface area contributed by atoms with Crippen LogP contribution in [0.15, 0.2) is 30.3 Å². The molecule has 1 aromatic carbocycles. The molecular weight excluding hydrogens is 259 g/mol. The molecule has 0 fully saturated rings. The number of carbonyl (C=O) groups is 1. The lowest BCUT2D eigenvalue weighted by Crippen LogP contribution is -2.16. The second-order valence-corrected chi connectivity index (χ2v) is 7.81. The fourth-order valence-electron chi connectivity index (χ4n) is 1.92. The topological polar surface area (TPSA) is 43.4 Å². The van der Waals surface area contributed by atoms with Crippen molar-refractivity contribution in [1.29, 1.82) is 0 Å². The Morgan fingerprint density at radius 1 is 1.32 bits per heavy atom. The van der Waals surface area contributed by atoms with Gasteiger partial charge in [0.1, 0.15) is 5.78 Å². The van der Waals surface area contributed by atoms with Crippen molar-refractivity contribution >= 4 is 13.2 Å². The first kappa shape index (κ1) is 16.1. The van der Waals surface area contributed by atoms with E-state index in [2.05, 4.69) is 12.1 Å². The maximum atomic E-state index is 11.9. The summed E-state index contributed by atoms with van der Waals surface area (Å²) in [6, 6.07) is 10.2. The van der Waals surface area contributed by atoms with Crippen molar-refractivity contribution in [3.63, 3.8) is 0 Å². The standard InChI is InChI=1S/C15H23O3P/c1-13(15(16)12-19(3,17)18-2)8-7-11-14-9-5-4-6-10-14/h4-6,9-10,13H,7-8,11-12H2,1-3H3/t13-,19?/m1/s1. The van der Waals surface area contributed by atoms with Crippen molar-refractivity contribution in [2.45, 2.75) is 26.2 Å². The van der Waals surface area contributed by atoms with Crippen molar-refractivity contribution in [2.75, 3.05) is 19.9 Å². The van der Waals surface area contributed by atoms with E-state index in [-0.39, 0.29) is 17.9 Å². The number of aryl methyl sites for hydroxylation is 1. The van der Waals surface area contributed by atoms with Gasteiger partial charge in [-0.2, -0.15) is 0 Å². The van der Waals surface area contributed by atoms with Crippen LogP contribution in [-0.2, 0) is 20.3 Å². The summed E-state index contributed by atoms with van der Waals surface area (Å²) in [5, 5.41) is 0. The van der Waals surface area contributed by atoms with Crippen LogP contribution >= 0.6 is 7.37 Å². The largest absolute Gasteiger partial charge is 0.332 e. The predicted molar refractivity (Wildman–Crippen MR) is 79.0 cm³/mol. The molecule has 1 unspecified atom stereocenters. The summed E-state index contributed by atoms with van der Waals surface area (Å²) >= 11 is 0. The van der Waals surface area contributed by atoms with Gasteiger partial charge in [0, 0.05) is 19.7 Å². The molecule has 106 valence electrons. The second-order valence-electron chi connectivity index (χ2n) is 5.10. The molecule has 0 amide bonds. The first-order chi connectivity index (χ1) is 8.94. The number of rotatable bonds is 8. The lowest BCUT2D eigenvalue weighted by molar-refractivity contribution is -0.120. The third kappa shape index (κ3) is 6.17. The minimum atomic E-state index is -2.72. The Morgan fingerprint density at radius 3 is 2.53 bits per heavy atom. The molecule has 0 aromatic heterocycles. The minimum Gasteiger partial charge on any atom is -0.332 e. The Hall–Kier alpha value is -0.920. The molecule has 2 atom stereocenters. The van der Waals surface area contributed by atoms with Gasteiger partial charge in [-0.25, -0.2) is 0 Å². The van der Waals surface area contributed by atoms with Gasteiger partial charge in [0.25, 0.3) is 0 Å². The summed E-state index contributed by atoms with van der Waals surface area (Å²) in [6.07, 6.45) is 2.83. The van der Waals surface area contributed by atoms with E-state index in [1.807, 2.05) is 25.1 Å². The Bertz CT molecular complexity index is 442. The predicted octanol–water partition coefficient (Wildman–Crippen LogP) is 3.77. The van der Waals surface area contributed by atoms with Gasteiger partial charge in [0.15, 0.2) is 0 Å². The number of Topliss-reactive ketones (excluding diaryl/α,β-unsaturated/α-hetero) is 1. The maximum Gasteiger partial charge on any atom is 0.207 e. The number of ketones is 1. The minimum absolute atomic E-state index is 0.0424. The first-order valence-corrected chi connectivity index (χ1v) is 8.89. The molecule has 1 aromatic rings. The van der Waals surface area contributed by atoms with Crippen LogP contribution in [0, 0.1) is 5.92 Å². The van der Waals surface area contributed by atoms with E-state index in [1.165, 1.54) is 19.3 Å². The molecule has 0 N–H and O–H groups in total. The van der Waals surface area contributed by atoms with Crippen LogP contribution < -0.4 is 0 Å². The van der Waals surface area contributed by atoms with Gasteiger partial charge in [0.2, 0.25) is 7.37 Å².